The number of aromatic nitrogens is 4. The third-order valence-electron chi connectivity index (χ3n) is 5.74. The lowest BCUT2D eigenvalue weighted by molar-refractivity contribution is -0.0823. The van der Waals surface area contributed by atoms with Crippen LogP contribution in [-0.2, 0) is 0 Å². The topological polar surface area (TPSA) is 107 Å². The number of piperidine rings is 1. The van der Waals surface area contributed by atoms with Crippen molar-refractivity contribution >= 4 is 5.95 Å². The molecule has 8 nitrogen and oxygen atoms in total. The van der Waals surface area contributed by atoms with Crippen LogP contribution in [0.1, 0.15) is 43.9 Å². The third-order valence-corrected chi connectivity index (χ3v) is 5.74. The number of hydrogen-bond donors (Lipinski definition) is 3. The first kappa shape index (κ1) is 19.0. The van der Waals surface area contributed by atoms with Crippen LogP contribution >= 0.6 is 0 Å². The molecular formula is C20H28N6O2. The zero-order valence-electron chi connectivity index (χ0n) is 16.7. The van der Waals surface area contributed by atoms with Gasteiger partial charge in [-0.15, -0.1) is 10.2 Å². The van der Waals surface area contributed by atoms with E-state index in [1.165, 1.54) is 0 Å². The summed E-state index contributed by atoms with van der Waals surface area (Å²) in [6, 6.07) is 2.39. The quantitative estimate of drug-likeness (QED) is 0.735. The number of pyridine rings is 1. The smallest absolute Gasteiger partial charge is 0.243 e. The van der Waals surface area contributed by atoms with Crippen LogP contribution < -0.4 is 5.32 Å². The number of aryl methyl sites for hydroxylation is 2. The van der Waals surface area contributed by atoms with Crippen LogP contribution in [0.4, 0.5) is 5.95 Å². The molecular weight excluding hydrogens is 356 g/mol. The highest BCUT2D eigenvalue weighted by Crippen LogP contribution is 2.36. The minimum absolute atomic E-state index is 0.0826. The van der Waals surface area contributed by atoms with Gasteiger partial charge in [0, 0.05) is 24.8 Å². The van der Waals surface area contributed by atoms with E-state index in [0.29, 0.717) is 29.1 Å². The minimum atomic E-state index is -0.499. The molecule has 0 spiro atoms. The number of aliphatic hydroxyl groups is 1. The fraction of sp³-hybridized carbons (Fsp3) is 0.600. The van der Waals surface area contributed by atoms with Gasteiger partial charge >= 0.3 is 0 Å². The molecule has 3 N–H and O–H groups in total. The molecule has 1 saturated carbocycles. The van der Waals surface area contributed by atoms with Crippen LogP contribution in [0.15, 0.2) is 12.3 Å². The van der Waals surface area contributed by atoms with Crippen LogP contribution in [0.2, 0.25) is 0 Å². The van der Waals surface area contributed by atoms with Crippen molar-refractivity contribution in [3.63, 3.8) is 0 Å². The Labute approximate surface area is 165 Å². The molecule has 3 heterocycles. The third kappa shape index (κ3) is 3.93. The van der Waals surface area contributed by atoms with E-state index in [9.17, 15) is 10.2 Å². The van der Waals surface area contributed by atoms with E-state index in [1.54, 1.807) is 12.3 Å². The van der Waals surface area contributed by atoms with Crippen LogP contribution in [-0.4, -0.2) is 66.1 Å². The van der Waals surface area contributed by atoms with Crippen molar-refractivity contribution in [2.45, 2.75) is 64.1 Å². The zero-order valence-corrected chi connectivity index (χ0v) is 16.7. The van der Waals surface area contributed by atoms with Crippen LogP contribution in [0.3, 0.4) is 0 Å². The Hall–Kier alpha value is -2.32. The first-order chi connectivity index (χ1) is 13.3. The first-order valence-corrected chi connectivity index (χ1v) is 9.91. The molecule has 4 rings (SSSR count). The molecule has 0 bridgehead atoms. The van der Waals surface area contributed by atoms with Gasteiger partial charge in [0.15, 0.2) is 0 Å². The van der Waals surface area contributed by atoms with Crippen LogP contribution in [0.25, 0.3) is 11.4 Å². The monoisotopic (exact) mass is 384 g/mol. The summed E-state index contributed by atoms with van der Waals surface area (Å²) >= 11 is 0. The Morgan fingerprint density at radius 2 is 2.00 bits per heavy atom. The van der Waals surface area contributed by atoms with E-state index in [2.05, 4.69) is 30.4 Å². The van der Waals surface area contributed by atoms with E-state index < -0.39 is 5.60 Å². The van der Waals surface area contributed by atoms with Gasteiger partial charge in [-0.25, -0.2) is 4.98 Å². The van der Waals surface area contributed by atoms with Gasteiger partial charge in [-0.3, -0.25) is 9.88 Å². The largest absolute Gasteiger partial charge is 0.506 e. The molecule has 1 atom stereocenters. The maximum Gasteiger partial charge on any atom is 0.243 e. The summed E-state index contributed by atoms with van der Waals surface area (Å²) in [5, 5.41) is 32.0. The number of hydrogen-bond acceptors (Lipinski definition) is 8. The Morgan fingerprint density at radius 1 is 1.21 bits per heavy atom. The Bertz CT molecular complexity index is 864. The van der Waals surface area contributed by atoms with Gasteiger partial charge < -0.3 is 15.5 Å². The van der Waals surface area contributed by atoms with E-state index in [-0.39, 0.29) is 11.8 Å². The summed E-state index contributed by atoms with van der Waals surface area (Å²) in [4.78, 5) is 11.3. The summed E-state index contributed by atoms with van der Waals surface area (Å²) in [6.07, 6.45) is 5.56. The predicted octanol–water partition coefficient (Wildman–Crippen LogP) is 2.05. The lowest BCUT2D eigenvalue weighted by atomic mass is 9.76. The standard InChI is InChI=1S/C20H28N6O2/c1-12-7-16(27)18(21-10-12)17-13(2)22-19(25-24-17)23-14-5-4-6-26(11-14)15-8-20(3,28)9-15/h7,10,14-15,27-28H,4-6,8-9,11H2,1-3H3,(H,22,23,25). The van der Waals surface area contributed by atoms with Gasteiger partial charge in [-0.05, 0) is 64.6 Å². The fourth-order valence-corrected chi connectivity index (χ4v) is 4.27. The van der Waals surface area contributed by atoms with Crippen LogP contribution in [0, 0.1) is 13.8 Å². The number of anilines is 1. The Morgan fingerprint density at radius 3 is 2.68 bits per heavy atom. The summed E-state index contributed by atoms with van der Waals surface area (Å²) in [5.41, 5.74) is 1.95. The number of nitrogens with zero attached hydrogens (tertiary/aromatic N) is 5. The zero-order chi connectivity index (χ0) is 19.9. The summed E-state index contributed by atoms with van der Waals surface area (Å²) in [7, 11) is 0. The number of nitrogens with one attached hydrogen (secondary N) is 1. The molecule has 1 saturated heterocycles. The minimum Gasteiger partial charge on any atom is -0.506 e. The van der Waals surface area contributed by atoms with Gasteiger partial charge in [0.25, 0.3) is 0 Å². The maximum absolute atomic E-state index is 10.1. The van der Waals surface area contributed by atoms with E-state index in [1.807, 2.05) is 20.8 Å². The SMILES string of the molecule is Cc1cnc(-c2nnc(NC3CCCN(C4CC(C)(O)C4)C3)nc2C)c(O)c1. The van der Waals surface area contributed by atoms with Gasteiger partial charge in [0.2, 0.25) is 5.95 Å². The number of aromatic hydroxyl groups is 1. The molecule has 2 fully saturated rings. The fourth-order valence-electron chi connectivity index (χ4n) is 4.27. The number of rotatable bonds is 4. The van der Waals surface area contributed by atoms with Crippen molar-refractivity contribution < 1.29 is 10.2 Å². The molecule has 2 aromatic rings. The number of likely N-dealkylation sites (tertiary alicyclic amines) is 1. The molecule has 8 heteroatoms. The maximum atomic E-state index is 10.1. The van der Waals surface area contributed by atoms with Crippen molar-refractivity contribution in [1.82, 2.24) is 25.1 Å². The van der Waals surface area contributed by atoms with Gasteiger partial charge in [-0.2, -0.15) is 0 Å². The molecule has 1 aliphatic heterocycles. The lowest BCUT2D eigenvalue weighted by Crippen LogP contribution is -2.57. The average molecular weight is 384 g/mol. The highest BCUT2D eigenvalue weighted by atomic mass is 16.3. The first-order valence-electron chi connectivity index (χ1n) is 9.91. The summed E-state index contributed by atoms with van der Waals surface area (Å²) < 4.78 is 0. The highest BCUT2D eigenvalue weighted by molar-refractivity contribution is 5.64. The van der Waals surface area contributed by atoms with E-state index in [4.69, 9.17) is 0 Å². The van der Waals surface area contributed by atoms with Crippen molar-refractivity contribution in [3.8, 4) is 17.1 Å². The average Bonchev–Trinajstić information content (AvgIpc) is 2.61. The summed E-state index contributed by atoms with van der Waals surface area (Å²) in [6.45, 7) is 7.63. The van der Waals surface area contributed by atoms with Crippen molar-refractivity contribution in [2.24, 2.45) is 0 Å². The van der Waals surface area contributed by atoms with Crippen molar-refractivity contribution in [1.29, 1.82) is 0 Å². The molecule has 150 valence electrons. The highest BCUT2D eigenvalue weighted by Gasteiger charge is 2.42. The molecule has 0 radical (unpaired) electrons. The van der Waals surface area contributed by atoms with Gasteiger partial charge in [-0.1, -0.05) is 0 Å². The molecule has 0 aromatic carbocycles. The predicted molar refractivity (Wildman–Crippen MR) is 106 cm³/mol. The second-order valence-electron chi connectivity index (χ2n) is 8.49. The van der Waals surface area contributed by atoms with E-state index in [0.717, 1.165) is 44.3 Å². The van der Waals surface area contributed by atoms with E-state index >= 15 is 0 Å². The van der Waals surface area contributed by atoms with Gasteiger partial charge in [0.05, 0.1) is 11.3 Å². The molecule has 0 amide bonds. The lowest BCUT2D eigenvalue weighted by Gasteiger charge is -2.49. The second kappa shape index (κ2) is 7.25. The van der Waals surface area contributed by atoms with Gasteiger partial charge in [0.1, 0.15) is 17.1 Å². The Kier molecular flexibility index (Phi) is 4.93. The summed E-state index contributed by atoms with van der Waals surface area (Å²) in [5.74, 6) is 0.583. The van der Waals surface area contributed by atoms with Crippen LogP contribution in [0.5, 0.6) is 5.75 Å². The molecule has 1 unspecified atom stereocenters. The molecule has 2 aromatic heterocycles. The molecule has 28 heavy (non-hydrogen) atoms. The Balaban J connectivity index is 1.43. The second-order valence-corrected chi connectivity index (χ2v) is 8.49. The normalized spacial score (nSPS) is 28.0. The molecule has 1 aliphatic carbocycles. The molecule has 2 aliphatic rings. The van der Waals surface area contributed by atoms with Crippen molar-refractivity contribution in [3.05, 3.63) is 23.5 Å². The van der Waals surface area contributed by atoms with Crippen molar-refractivity contribution in [2.75, 3.05) is 18.4 Å².